The van der Waals surface area contributed by atoms with E-state index in [4.69, 9.17) is 18.7 Å². The van der Waals surface area contributed by atoms with Crippen LogP contribution in [0.5, 0.6) is 0 Å². The normalized spacial score (nSPS) is 11.2. The van der Waals surface area contributed by atoms with Gasteiger partial charge in [-0.25, -0.2) is 4.39 Å². The standard InChI is InChI=1S/C19H17FN4O5/c20-12-2-3-13-16(10-12)29-18(22-13)24-19-23-14-9-11(1-4-15(14)28-19)17(26)21-5-7-27-8-6-25/h1-4,9-10,25H,5-8H2,(H,21,26)(H,22,23,24). The SMILES string of the molecule is O=C(NCCOCCO)c1ccc2oc(Nc3nc4ccc(F)cc4o3)nc2c1. The molecule has 2 aromatic carbocycles. The molecule has 10 heteroatoms. The Labute approximate surface area is 163 Å². The molecule has 29 heavy (non-hydrogen) atoms. The number of aliphatic hydroxyl groups is 1. The Kier molecular flexibility index (Phi) is 5.36. The maximum absolute atomic E-state index is 13.3. The molecule has 2 aromatic heterocycles. The number of fused-ring (bicyclic) bond motifs is 2. The zero-order chi connectivity index (χ0) is 20.2. The number of nitrogens with one attached hydrogen (secondary N) is 2. The quantitative estimate of drug-likeness (QED) is 0.386. The predicted octanol–water partition coefficient (Wildman–Crippen LogP) is 2.59. The third kappa shape index (κ3) is 4.33. The summed E-state index contributed by atoms with van der Waals surface area (Å²) in [6.07, 6.45) is 0. The topological polar surface area (TPSA) is 123 Å². The summed E-state index contributed by atoms with van der Waals surface area (Å²) in [5.41, 5.74) is 2.14. The number of hydrogen-bond donors (Lipinski definition) is 3. The van der Waals surface area contributed by atoms with Crippen molar-refractivity contribution in [3.63, 3.8) is 0 Å². The van der Waals surface area contributed by atoms with Gasteiger partial charge in [0.05, 0.1) is 19.8 Å². The monoisotopic (exact) mass is 400 g/mol. The van der Waals surface area contributed by atoms with E-state index in [0.29, 0.717) is 40.9 Å². The summed E-state index contributed by atoms with van der Waals surface area (Å²) in [7, 11) is 0. The molecule has 2 heterocycles. The van der Waals surface area contributed by atoms with E-state index in [-0.39, 0.29) is 31.2 Å². The maximum Gasteiger partial charge on any atom is 0.303 e. The van der Waals surface area contributed by atoms with Crippen LogP contribution >= 0.6 is 0 Å². The van der Waals surface area contributed by atoms with E-state index in [1.54, 1.807) is 18.2 Å². The van der Waals surface area contributed by atoms with Crippen LogP contribution in [0.4, 0.5) is 16.4 Å². The summed E-state index contributed by atoms with van der Waals surface area (Å²) in [5.74, 6) is -0.703. The van der Waals surface area contributed by atoms with Gasteiger partial charge < -0.3 is 24.0 Å². The van der Waals surface area contributed by atoms with Crippen LogP contribution in [0.25, 0.3) is 22.2 Å². The molecule has 0 bridgehead atoms. The number of carbonyl (C=O) groups excluding carboxylic acids is 1. The van der Waals surface area contributed by atoms with Gasteiger partial charge in [0.1, 0.15) is 16.9 Å². The number of ether oxygens (including phenoxy) is 1. The summed E-state index contributed by atoms with van der Waals surface area (Å²) >= 11 is 0. The lowest BCUT2D eigenvalue weighted by atomic mass is 10.2. The molecule has 150 valence electrons. The molecule has 0 unspecified atom stereocenters. The van der Waals surface area contributed by atoms with Gasteiger partial charge in [0, 0.05) is 18.2 Å². The van der Waals surface area contributed by atoms with Crippen molar-refractivity contribution in [2.45, 2.75) is 0 Å². The first-order valence-electron chi connectivity index (χ1n) is 8.83. The molecule has 0 aliphatic rings. The number of amides is 1. The molecule has 0 spiro atoms. The fourth-order valence-electron chi connectivity index (χ4n) is 2.67. The van der Waals surface area contributed by atoms with E-state index in [1.807, 2.05) is 0 Å². The highest BCUT2D eigenvalue weighted by Gasteiger charge is 2.13. The van der Waals surface area contributed by atoms with Gasteiger partial charge in [-0.05, 0) is 30.3 Å². The lowest BCUT2D eigenvalue weighted by Crippen LogP contribution is -2.27. The molecule has 0 aliphatic carbocycles. The van der Waals surface area contributed by atoms with Gasteiger partial charge in [-0.3, -0.25) is 10.1 Å². The van der Waals surface area contributed by atoms with Crippen LogP contribution < -0.4 is 10.6 Å². The number of aliphatic hydroxyl groups excluding tert-OH is 1. The van der Waals surface area contributed by atoms with Crippen molar-refractivity contribution in [3.8, 4) is 0 Å². The minimum absolute atomic E-state index is 0.0619. The Morgan fingerprint density at radius 3 is 2.66 bits per heavy atom. The molecule has 0 radical (unpaired) electrons. The third-order valence-corrected chi connectivity index (χ3v) is 3.98. The highest BCUT2D eigenvalue weighted by Crippen LogP contribution is 2.25. The first kappa shape index (κ1) is 18.8. The number of rotatable bonds is 8. The Bertz CT molecular complexity index is 1160. The number of carbonyl (C=O) groups is 1. The van der Waals surface area contributed by atoms with Gasteiger partial charge in [-0.2, -0.15) is 9.97 Å². The van der Waals surface area contributed by atoms with E-state index >= 15 is 0 Å². The lowest BCUT2D eigenvalue weighted by Gasteiger charge is -2.05. The van der Waals surface area contributed by atoms with Crippen LogP contribution in [-0.4, -0.2) is 47.3 Å². The lowest BCUT2D eigenvalue weighted by molar-refractivity contribution is 0.0838. The fourth-order valence-corrected chi connectivity index (χ4v) is 2.67. The van der Waals surface area contributed by atoms with Crippen LogP contribution in [0.1, 0.15) is 10.4 Å². The van der Waals surface area contributed by atoms with Crippen LogP contribution in [0.2, 0.25) is 0 Å². The van der Waals surface area contributed by atoms with Crippen LogP contribution in [0, 0.1) is 5.82 Å². The largest absolute Gasteiger partial charge is 0.423 e. The Hall–Kier alpha value is -3.50. The van der Waals surface area contributed by atoms with Gasteiger partial charge in [-0.1, -0.05) is 0 Å². The molecule has 0 saturated carbocycles. The number of halogens is 1. The second-order valence-corrected chi connectivity index (χ2v) is 6.05. The molecule has 4 aromatic rings. The van der Waals surface area contributed by atoms with E-state index < -0.39 is 5.82 Å². The number of nitrogens with zero attached hydrogens (tertiary/aromatic N) is 2. The Balaban J connectivity index is 1.45. The van der Waals surface area contributed by atoms with Crippen molar-refractivity contribution in [2.24, 2.45) is 0 Å². The van der Waals surface area contributed by atoms with Crippen LogP contribution in [-0.2, 0) is 4.74 Å². The average molecular weight is 400 g/mol. The number of oxazole rings is 2. The molecule has 9 nitrogen and oxygen atoms in total. The van der Waals surface area contributed by atoms with E-state index in [0.717, 1.165) is 0 Å². The molecule has 1 amide bonds. The summed E-state index contributed by atoms with van der Waals surface area (Å²) in [4.78, 5) is 20.7. The zero-order valence-electron chi connectivity index (χ0n) is 15.1. The first-order chi connectivity index (χ1) is 14.1. The molecule has 4 rings (SSSR count). The molecular formula is C19H17FN4O5. The first-order valence-corrected chi connectivity index (χ1v) is 8.83. The highest BCUT2D eigenvalue weighted by molar-refractivity contribution is 5.97. The van der Waals surface area contributed by atoms with Crippen molar-refractivity contribution in [1.29, 1.82) is 0 Å². The maximum atomic E-state index is 13.3. The zero-order valence-corrected chi connectivity index (χ0v) is 15.1. The number of hydrogen-bond acceptors (Lipinski definition) is 8. The van der Waals surface area contributed by atoms with Gasteiger partial charge in [-0.15, -0.1) is 0 Å². The predicted molar refractivity (Wildman–Crippen MR) is 101 cm³/mol. The minimum Gasteiger partial charge on any atom is -0.423 e. The van der Waals surface area contributed by atoms with Crippen molar-refractivity contribution in [2.75, 3.05) is 31.7 Å². The van der Waals surface area contributed by atoms with Gasteiger partial charge in [0.15, 0.2) is 11.2 Å². The molecule has 0 saturated heterocycles. The van der Waals surface area contributed by atoms with Crippen LogP contribution in [0.15, 0.2) is 45.2 Å². The Morgan fingerprint density at radius 2 is 1.83 bits per heavy atom. The highest BCUT2D eigenvalue weighted by atomic mass is 19.1. The molecule has 3 N–H and O–H groups in total. The van der Waals surface area contributed by atoms with Crippen molar-refractivity contribution in [1.82, 2.24) is 15.3 Å². The van der Waals surface area contributed by atoms with E-state index in [9.17, 15) is 9.18 Å². The fraction of sp³-hybridized carbons (Fsp3) is 0.211. The van der Waals surface area contributed by atoms with E-state index in [1.165, 1.54) is 18.2 Å². The molecule has 0 fully saturated rings. The third-order valence-electron chi connectivity index (χ3n) is 3.98. The summed E-state index contributed by atoms with van der Waals surface area (Å²) in [5, 5.41) is 14.1. The molecule has 0 atom stereocenters. The van der Waals surface area contributed by atoms with E-state index in [2.05, 4.69) is 20.6 Å². The summed E-state index contributed by atoms with van der Waals surface area (Å²) in [6.45, 7) is 0.793. The number of benzene rings is 2. The molecule has 0 aliphatic heterocycles. The van der Waals surface area contributed by atoms with Gasteiger partial charge >= 0.3 is 12.0 Å². The molecular weight excluding hydrogens is 383 g/mol. The Morgan fingerprint density at radius 1 is 1.03 bits per heavy atom. The van der Waals surface area contributed by atoms with Crippen molar-refractivity contribution < 1.29 is 27.9 Å². The number of aromatic nitrogens is 2. The summed E-state index contributed by atoms with van der Waals surface area (Å²) in [6, 6.07) is 9.11. The van der Waals surface area contributed by atoms with Crippen LogP contribution in [0.3, 0.4) is 0 Å². The second kappa shape index (κ2) is 8.25. The van der Waals surface area contributed by atoms with Gasteiger partial charge in [0.2, 0.25) is 0 Å². The summed E-state index contributed by atoms with van der Waals surface area (Å²) < 4.78 is 29.4. The van der Waals surface area contributed by atoms with Crippen molar-refractivity contribution in [3.05, 3.63) is 47.8 Å². The van der Waals surface area contributed by atoms with Crippen molar-refractivity contribution >= 4 is 40.1 Å². The van der Waals surface area contributed by atoms with Gasteiger partial charge in [0.25, 0.3) is 5.91 Å². The minimum atomic E-state index is -0.423. The average Bonchev–Trinajstić information content (AvgIpc) is 3.29. The second-order valence-electron chi connectivity index (χ2n) is 6.05. The smallest absolute Gasteiger partial charge is 0.303 e. The number of anilines is 2.